The van der Waals surface area contributed by atoms with Crippen LogP contribution in [0.25, 0.3) is 0 Å². The maximum atomic E-state index is 12.4. The molecular formula is C12H17Cl2N3O3S. The number of sulfonamides is 1. The number of hydrogen-bond acceptors (Lipinski definition) is 4. The Morgan fingerprint density at radius 1 is 1.38 bits per heavy atom. The number of nitrogens with two attached hydrogens (primary N) is 1. The van der Waals surface area contributed by atoms with Crippen molar-refractivity contribution >= 4 is 44.8 Å². The molecule has 0 aromatic heterocycles. The van der Waals surface area contributed by atoms with E-state index in [4.69, 9.17) is 28.9 Å². The van der Waals surface area contributed by atoms with Gasteiger partial charge >= 0.3 is 0 Å². The molecule has 0 unspecified atom stereocenters. The number of likely N-dealkylation sites (N-methyl/N-ethyl adjacent to an activating group) is 1. The molecular weight excluding hydrogens is 337 g/mol. The lowest BCUT2D eigenvalue weighted by molar-refractivity contribution is -0.121. The van der Waals surface area contributed by atoms with Gasteiger partial charge in [-0.1, -0.05) is 30.1 Å². The van der Waals surface area contributed by atoms with Crippen LogP contribution in [0, 0.1) is 0 Å². The normalized spacial score (nSPS) is 11.7. The van der Waals surface area contributed by atoms with Crippen LogP contribution in [-0.2, 0) is 14.8 Å². The smallest absolute Gasteiger partial charge is 0.246 e. The van der Waals surface area contributed by atoms with E-state index in [-0.39, 0.29) is 27.2 Å². The summed E-state index contributed by atoms with van der Waals surface area (Å²) in [6.45, 7) is 2.06. The Hall–Kier alpha value is -1.02. The molecule has 0 aliphatic rings. The molecule has 118 valence electrons. The Kier molecular flexibility index (Phi) is 6.27. The number of amides is 1. The summed E-state index contributed by atoms with van der Waals surface area (Å²) >= 11 is 11.7. The fourth-order valence-corrected chi connectivity index (χ4v) is 3.68. The molecule has 0 aliphatic carbocycles. The van der Waals surface area contributed by atoms with E-state index in [0.29, 0.717) is 6.54 Å². The standard InChI is InChI=1S/C12H17Cl2N3O3S/c1-3-4-16-11(18)7-17(2)21(19,20)12-9(14)5-8(13)6-10(12)15/h5-6H,3-4,7,15H2,1-2H3,(H,16,18). The average molecular weight is 354 g/mol. The van der Waals surface area contributed by atoms with Gasteiger partial charge in [0.1, 0.15) is 4.90 Å². The fraction of sp³-hybridized carbons (Fsp3) is 0.417. The number of nitrogens with one attached hydrogen (secondary N) is 1. The van der Waals surface area contributed by atoms with E-state index in [0.717, 1.165) is 10.7 Å². The number of halogens is 2. The maximum Gasteiger partial charge on any atom is 0.246 e. The number of nitrogens with zero attached hydrogens (tertiary/aromatic N) is 1. The zero-order valence-corrected chi connectivity index (χ0v) is 14.0. The van der Waals surface area contributed by atoms with E-state index in [9.17, 15) is 13.2 Å². The largest absolute Gasteiger partial charge is 0.398 e. The quantitative estimate of drug-likeness (QED) is 0.761. The molecule has 21 heavy (non-hydrogen) atoms. The van der Waals surface area contributed by atoms with Crippen molar-refractivity contribution in [1.82, 2.24) is 9.62 Å². The first-order valence-corrected chi connectivity index (χ1v) is 8.37. The minimum Gasteiger partial charge on any atom is -0.398 e. The molecule has 0 saturated carbocycles. The van der Waals surface area contributed by atoms with Gasteiger partial charge in [-0.2, -0.15) is 4.31 Å². The lowest BCUT2D eigenvalue weighted by Gasteiger charge is -2.19. The van der Waals surface area contributed by atoms with Crippen LogP contribution in [0.15, 0.2) is 17.0 Å². The summed E-state index contributed by atoms with van der Waals surface area (Å²) in [4.78, 5) is 11.4. The summed E-state index contributed by atoms with van der Waals surface area (Å²) in [7, 11) is -2.70. The van der Waals surface area contributed by atoms with Gasteiger partial charge in [0.2, 0.25) is 15.9 Å². The Bertz CT molecular complexity index is 612. The summed E-state index contributed by atoms with van der Waals surface area (Å²) < 4.78 is 25.8. The molecule has 0 heterocycles. The number of rotatable bonds is 6. The summed E-state index contributed by atoms with van der Waals surface area (Å²) in [5.74, 6) is -0.397. The van der Waals surface area contributed by atoms with Crippen LogP contribution in [0.1, 0.15) is 13.3 Å². The Morgan fingerprint density at radius 2 is 2.00 bits per heavy atom. The van der Waals surface area contributed by atoms with Crippen LogP contribution in [0.5, 0.6) is 0 Å². The highest BCUT2D eigenvalue weighted by Crippen LogP contribution is 2.32. The summed E-state index contributed by atoms with van der Waals surface area (Å²) in [6.07, 6.45) is 0.762. The van der Waals surface area contributed by atoms with Gasteiger partial charge in [0.15, 0.2) is 0 Å². The van der Waals surface area contributed by atoms with Gasteiger partial charge in [0, 0.05) is 18.6 Å². The van der Waals surface area contributed by atoms with Crippen LogP contribution in [0.2, 0.25) is 10.0 Å². The molecule has 9 heteroatoms. The third kappa shape index (κ3) is 4.47. The zero-order chi connectivity index (χ0) is 16.2. The molecule has 1 rings (SSSR count). The van der Waals surface area contributed by atoms with E-state index >= 15 is 0 Å². The highest BCUT2D eigenvalue weighted by Gasteiger charge is 2.28. The highest BCUT2D eigenvalue weighted by atomic mass is 35.5. The predicted octanol–water partition coefficient (Wildman–Crippen LogP) is 1.72. The van der Waals surface area contributed by atoms with Crippen molar-refractivity contribution in [2.24, 2.45) is 0 Å². The van der Waals surface area contributed by atoms with Crippen molar-refractivity contribution < 1.29 is 13.2 Å². The van der Waals surface area contributed by atoms with Gasteiger partial charge in [0.25, 0.3) is 0 Å². The van der Waals surface area contributed by atoms with Crippen molar-refractivity contribution in [2.75, 3.05) is 25.9 Å². The van der Waals surface area contributed by atoms with E-state index in [1.165, 1.54) is 19.2 Å². The van der Waals surface area contributed by atoms with Gasteiger partial charge in [-0.3, -0.25) is 4.79 Å². The zero-order valence-electron chi connectivity index (χ0n) is 11.7. The molecule has 0 aliphatic heterocycles. The van der Waals surface area contributed by atoms with E-state index in [2.05, 4.69) is 5.32 Å². The van der Waals surface area contributed by atoms with E-state index in [1.54, 1.807) is 0 Å². The van der Waals surface area contributed by atoms with Crippen molar-refractivity contribution in [3.8, 4) is 0 Å². The number of nitrogen functional groups attached to an aromatic ring is 1. The van der Waals surface area contributed by atoms with Crippen molar-refractivity contribution in [2.45, 2.75) is 18.2 Å². The van der Waals surface area contributed by atoms with Crippen molar-refractivity contribution in [3.63, 3.8) is 0 Å². The molecule has 1 amide bonds. The van der Waals surface area contributed by atoms with Crippen LogP contribution in [0.4, 0.5) is 5.69 Å². The number of carbonyl (C=O) groups is 1. The minimum absolute atomic E-state index is 0.0617. The van der Waals surface area contributed by atoms with E-state index in [1.807, 2.05) is 6.92 Å². The molecule has 6 nitrogen and oxygen atoms in total. The molecule has 0 atom stereocenters. The fourth-order valence-electron chi connectivity index (χ4n) is 1.62. The molecule has 0 spiro atoms. The molecule has 3 N–H and O–H groups in total. The highest BCUT2D eigenvalue weighted by molar-refractivity contribution is 7.89. The second kappa shape index (κ2) is 7.31. The number of carbonyl (C=O) groups excluding carboxylic acids is 1. The SMILES string of the molecule is CCCNC(=O)CN(C)S(=O)(=O)c1c(N)cc(Cl)cc1Cl. The molecule has 1 aromatic carbocycles. The second-order valence-corrected chi connectivity index (χ2v) is 7.24. The number of anilines is 1. The maximum absolute atomic E-state index is 12.4. The lowest BCUT2D eigenvalue weighted by Crippen LogP contribution is -2.38. The Morgan fingerprint density at radius 3 is 2.52 bits per heavy atom. The molecule has 0 saturated heterocycles. The van der Waals surface area contributed by atoms with Crippen LogP contribution in [0.3, 0.4) is 0 Å². The van der Waals surface area contributed by atoms with Gasteiger partial charge < -0.3 is 11.1 Å². The lowest BCUT2D eigenvalue weighted by atomic mass is 10.3. The van der Waals surface area contributed by atoms with E-state index < -0.39 is 15.9 Å². The molecule has 0 fully saturated rings. The summed E-state index contributed by atoms with van der Waals surface area (Å²) in [5.41, 5.74) is 5.62. The van der Waals surface area contributed by atoms with Crippen LogP contribution >= 0.6 is 23.2 Å². The van der Waals surface area contributed by atoms with Gasteiger partial charge in [-0.25, -0.2) is 8.42 Å². The van der Waals surface area contributed by atoms with Gasteiger partial charge in [-0.15, -0.1) is 0 Å². The van der Waals surface area contributed by atoms with Crippen LogP contribution < -0.4 is 11.1 Å². The number of benzene rings is 1. The third-order valence-electron chi connectivity index (χ3n) is 2.64. The topological polar surface area (TPSA) is 92.5 Å². The molecule has 1 aromatic rings. The summed E-state index contributed by atoms with van der Waals surface area (Å²) in [6, 6.07) is 2.59. The monoisotopic (exact) mass is 353 g/mol. The third-order valence-corrected chi connectivity index (χ3v) is 5.19. The first kappa shape index (κ1) is 18.0. The van der Waals surface area contributed by atoms with Crippen molar-refractivity contribution in [3.05, 3.63) is 22.2 Å². The van der Waals surface area contributed by atoms with Gasteiger partial charge in [0.05, 0.1) is 17.3 Å². The Balaban J connectivity index is 3.03. The first-order valence-electron chi connectivity index (χ1n) is 6.17. The van der Waals surface area contributed by atoms with Crippen LogP contribution in [-0.4, -0.2) is 38.8 Å². The Labute approximate surface area is 134 Å². The average Bonchev–Trinajstić information content (AvgIpc) is 2.34. The molecule has 0 radical (unpaired) electrons. The van der Waals surface area contributed by atoms with Gasteiger partial charge in [-0.05, 0) is 18.6 Å². The minimum atomic E-state index is -3.98. The molecule has 0 bridgehead atoms. The first-order chi connectivity index (χ1) is 9.70. The summed E-state index contributed by atoms with van der Waals surface area (Å²) in [5, 5.41) is 2.75. The number of hydrogen-bond donors (Lipinski definition) is 2. The van der Waals surface area contributed by atoms with Crippen molar-refractivity contribution in [1.29, 1.82) is 0 Å². The predicted molar refractivity (Wildman–Crippen MR) is 84.0 cm³/mol. The second-order valence-electron chi connectivity index (χ2n) is 4.42.